The van der Waals surface area contributed by atoms with Crippen LogP contribution in [0.25, 0.3) is 5.76 Å². The first-order valence-corrected chi connectivity index (χ1v) is 13.8. The highest BCUT2D eigenvalue weighted by molar-refractivity contribution is 6.20. The number of ether oxygens (including phenoxy) is 3. The van der Waals surface area contributed by atoms with E-state index in [2.05, 4.69) is 0 Å². The van der Waals surface area contributed by atoms with Gasteiger partial charge in [0.2, 0.25) is 5.75 Å². The van der Waals surface area contributed by atoms with Gasteiger partial charge in [0, 0.05) is 46.9 Å². The van der Waals surface area contributed by atoms with Crippen LogP contribution in [0.4, 0.5) is 11.4 Å². The lowest BCUT2D eigenvalue weighted by Gasteiger charge is -2.42. The molecule has 3 aromatic rings. The number of nitrogens with zero attached hydrogens (tertiary/aromatic N) is 2. The number of aliphatic hydroxyl groups excluding tert-OH is 1. The molecule has 3 aromatic carbocycles. The van der Waals surface area contributed by atoms with E-state index < -0.39 is 10.8 Å². The van der Waals surface area contributed by atoms with Crippen LogP contribution in [0.5, 0.6) is 17.2 Å². The lowest BCUT2D eigenvalue weighted by molar-refractivity contribution is -0.384. The van der Waals surface area contributed by atoms with Gasteiger partial charge in [0.05, 0.1) is 31.9 Å². The van der Waals surface area contributed by atoms with Crippen LogP contribution in [0.3, 0.4) is 0 Å². The number of anilines is 1. The Balaban J connectivity index is 1.87. The molecule has 0 fully saturated rings. The van der Waals surface area contributed by atoms with Crippen molar-refractivity contribution in [2.75, 3.05) is 26.2 Å². The zero-order valence-corrected chi connectivity index (χ0v) is 24.7. The Morgan fingerprint density at radius 2 is 1.63 bits per heavy atom. The first-order valence-electron chi connectivity index (χ1n) is 13.8. The minimum atomic E-state index is -0.833. The number of allylic oxidation sites excluding steroid dienone is 2. The molecule has 0 saturated carbocycles. The fraction of sp³-hybridized carbons (Fsp3) is 0.273. The van der Waals surface area contributed by atoms with Crippen molar-refractivity contribution in [2.45, 2.75) is 39.0 Å². The van der Waals surface area contributed by atoms with E-state index in [-0.39, 0.29) is 28.6 Å². The number of methoxy groups -OCH3 is 3. The smallest absolute Gasteiger partial charge is 0.269 e. The van der Waals surface area contributed by atoms with Gasteiger partial charge in [-0.3, -0.25) is 25.2 Å². The molecule has 1 aliphatic carbocycles. The third-order valence-electron chi connectivity index (χ3n) is 7.99. The number of nitro benzene ring substituents is 1. The van der Waals surface area contributed by atoms with Gasteiger partial charge in [0.25, 0.3) is 5.69 Å². The van der Waals surface area contributed by atoms with Crippen molar-refractivity contribution in [3.8, 4) is 17.2 Å². The Kier molecular flexibility index (Phi) is 7.95. The Labute approximate surface area is 249 Å². The number of carbonyl (C=O) groups excluding carboxylic acids is 1. The van der Waals surface area contributed by atoms with Gasteiger partial charge in [-0.15, -0.1) is 0 Å². The molecule has 2 N–H and O–H groups in total. The Bertz CT molecular complexity index is 1680. The van der Waals surface area contributed by atoms with Crippen molar-refractivity contribution in [3.63, 3.8) is 0 Å². The maximum atomic E-state index is 13.9. The van der Waals surface area contributed by atoms with Gasteiger partial charge < -0.3 is 19.3 Å². The van der Waals surface area contributed by atoms with E-state index in [1.165, 1.54) is 33.5 Å². The number of nitrogens with one attached hydrogen (secondary N) is 1. The fourth-order valence-corrected chi connectivity index (χ4v) is 5.93. The standard InChI is InChI=1S/C33H33N3O7/c1-18-9-11-20(12-10-18)31(38)30-28(21-16-26(41-3)32(43-5)27(17-21)42-4)29-24(7-6-8-25(29)37)35(33(30)34)23-14-13-22(36(39)40)15-19(23)2/h9-17,28,34,38H,6-8H2,1-5H3/t28-/m0/s1. The van der Waals surface area contributed by atoms with Gasteiger partial charge in [-0.1, -0.05) is 29.8 Å². The van der Waals surface area contributed by atoms with Crippen LogP contribution < -0.4 is 19.1 Å². The number of aryl methyl sites for hydroxylation is 2. The Hall–Kier alpha value is -5.12. The highest BCUT2D eigenvalue weighted by atomic mass is 16.6. The molecule has 0 amide bonds. The second kappa shape index (κ2) is 11.6. The van der Waals surface area contributed by atoms with Crippen LogP contribution in [-0.4, -0.2) is 43.0 Å². The second-order valence-electron chi connectivity index (χ2n) is 10.6. The highest BCUT2D eigenvalue weighted by Crippen LogP contribution is 2.51. The van der Waals surface area contributed by atoms with Crippen molar-refractivity contribution < 1.29 is 29.0 Å². The fourth-order valence-electron chi connectivity index (χ4n) is 5.93. The summed E-state index contributed by atoms with van der Waals surface area (Å²) in [6, 6.07) is 15.2. The summed E-state index contributed by atoms with van der Waals surface area (Å²) in [4.78, 5) is 26.5. The first-order chi connectivity index (χ1) is 20.6. The lowest BCUT2D eigenvalue weighted by Crippen LogP contribution is -2.42. The zero-order chi connectivity index (χ0) is 31.0. The molecular weight excluding hydrogens is 550 g/mol. The average molecular weight is 584 g/mol. The molecule has 1 heterocycles. The van der Waals surface area contributed by atoms with Crippen LogP contribution in [0.1, 0.15) is 47.4 Å². The molecule has 1 atom stereocenters. The molecule has 0 saturated heterocycles. The van der Waals surface area contributed by atoms with Crippen LogP contribution in [0, 0.1) is 29.4 Å². The number of hydrogen-bond donors (Lipinski definition) is 2. The van der Waals surface area contributed by atoms with Gasteiger partial charge in [0.1, 0.15) is 11.6 Å². The van der Waals surface area contributed by atoms with E-state index in [9.17, 15) is 25.4 Å². The van der Waals surface area contributed by atoms with Crippen molar-refractivity contribution in [2.24, 2.45) is 0 Å². The van der Waals surface area contributed by atoms with Gasteiger partial charge in [-0.05, 0) is 56.0 Å². The van der Waals surface area contributed by atoms with E-state index in [4.69, 9.17) is 14.2 Å². The third-order valence-corrected chi connectivity index (χ3v) is 7.99. The number of hydrogen-bond acceptors (Lipinski definition) is 8. The summed E-state index contributed by atoms with van der Waals surface area (Å²) in [6.07, 6.45) is 1.39. The molecule has 0 bridgehead atoms. The van der Waals surface area contributed by atoms with Crippen LogP contribution in [0.2, 0.25) is 0 Å². The molecule has 10 heteroatoms. The lowest BCUT2D eigenvalue weighted by atomic mass is 9.73. The molecule has 43 heavy (non-hydrogen) atoms. The summed E-state index contributed by atoms with van der Waals surface area (Å²) in [5.74, 6) is -0.0138. The van der Waals surface area contributed by atoms with Crippen LogP contribution >= 0.6 is 0 Å². The predicted molar refractivity (Wildman–Crippen MR) is 163 cm³/mol. The molecule has 2 aliphatic rings. The molecule has 0 spiro atoms. The van der Waals surface area contributed by atoms with E-state index in [0.29, 0.717) is 70.2 Å². The van der Waals surface area contributed by atoms with Gasteiger partial charge >= 0.3 is 0 Å². The molecule has 0 radical (unpaired) electrons. The van der Waals surface area contributed by atoms with Gasteiger partial charge in [0.15, 0.2) is 17.3 Å². The summed E-state index contributed by atoms with van der Waals surface area (Å²) in [7, 11) is 4.50. The SMILES string of the molecule is COc1cc([C@@H]2C(=C(O)c3ccc(C)cc3)C(=N)N(c3ccc([N+](=O)[O-])cc3C)C3=C2C(=O)CCC3)cc(OC)c1OC. The molecule has 10 nitrogen and oxygen atoms in total. The number of nitro groups is 1. The number of benzene rings is 3. The summed E-state index contributed by atoms with van der Waals surface area (Å²) in [6.45, 7) is 3.67. The number of amidine groups is 1. The van der Waals surface area contributed by atoms with E-state index >= 15 is 0 Å². The number of Topliss-reactive ketones (excluding diaryl/α,β-unsaturated/α-hetero) is 1. The summed E-state index contributed by atoms with van der Waals surface area (Å²) in [5, 5.41) is 33.0. The first kappa shape index (κ1) is 29.4. The van der Waals surface area contributed by atoms with Crippen molar-refractivity contribution in [1.82, 2.24) is 0 Å². The van der Waals surface area contributed by atoms with Crippen LogP contribution in [0.15, 0.2) is 71.4 Å². The summed E-state index contributed by atoms with van der Waals surface area (Å²) in [5.41, 5.74) is 4.35. The van der Waals surface area contributed by atoms with E-state index in [1.54, 1.807) is 42.2 Å². The average Bonchev–Trinajstić information content (AvgIpc) is 3.00. The van der Waals surface area contributed by atoms with Crippen molar-refractivity contribution >= 4 is 28.8 Å². The number of carbonyl (C=O) groups is 1. The topological polar surface area (TPSA) is 135 Å². The predicted octanol–water partition coefficient (Wildman–Crippen LogP) is 6.79. The van der Waals surface area contributed by atoms with Crippen molar-refractivity contribution in [1.29, 1.82) is 5.41 Å². The maximum Gasteiger partial charge on any atom is 0.269 e. The van der Waals surface area contributed by atoms with Gasteiger partial charge in [-0.2, -0.15) is 0 Å². The molecule has 222 valence electrons. The molecule has 1 aliphatic heterocycles. The normalized spacial score (nSPS) is 17.9. The summed E-state index contributed by atoms with van der Waals surface area (Å²) < 4.78 is 16.8. The molecule has 0 aromatic heterocycles. The largest absolute Gasteiger partial charge is 0.507 e. The van der Waals surface area contributed by atoms with Gasteiger partial charge in [-0.25, -0.2) is 0 Å². The monoisotopic (exact) mass is 583 g/mol. The minimum absolute atomic E-state index is 0.0396. The van der Waals surface area contributed by atoms with E-state index in [1.807, 2.05) is 19.1 Å². The number of non-ortho nitro benzene ring substituents is 1. The molecular formula is C33H33N3O7. The highest BCUT2D eigenvalue weighted by Gasteiger charge is 2.44. The number of aliphatic hydroxyl groups is 1. The maximum absolute atomic E-state index is 13.9. The number of ketones is 1. The van der Waals surface area contributed by atoms with Crippen LogP contribution in [-0.2, 0) is 4.79 Å². The molecule has 5 rings (SSSR count). The second-order valence-corrected chi connectivity index (χ2v) is 10.6. The quantitative estimate of drug-likeness (QED) is 0.176. The zero-order valence-electron chi connectivity index (χ0n) is 24.7. The summed E-state index contributed by atoms with van der Waals surface area (Å²) >= 11 is 0. The minimum Gasteiger partial charge on any atom is -0.507 e. The van der Waals surface area contributed by atoms with E-state index in [0.717, 1.165) is 5.56 Å². The van der Waals surface area contributed by atoms with Crippen molar-refractivity contribution in [3.05, 3.63) is 104 Å². The Morgan fingerprint density at radius 3 is 2.19 bits per heavy atom. The third kappa shape index (κ3) is 5.09. The Morgan fingerprint density at radius 1 is 0.977 bits per heavy atom. The number of rotatable bonds is 7. The molecule has 0 unspecified atom stereocenters.